The first-order valence-electron chi connectivity index (χ1n) is 7.09. The van der Waals surface area contributed by atoms with Crippen LogP contribution in [-0.2, 0) is 23.9 Å². The molecule has 0 bridgehead atoms. The van der Waals surface area contributed by atoms with Gasteiger partial charge in [0, 0.05) is 36.2 Å². The number of aromatic nitrogens is 2. The summed E-state index contributed by atoms with van der Waals surface area (Å²) in [7, 11) is 0. The molecule has 0 atom stereocenters. The molecule has 1 aliphatic rings. The van der Waals surface area contributed by atoms with Crippen LogP contribution in [0.2, 0.25) is 0 Å². The van der Waals surface area contributed by atoms with Gasteiger partial charge in [-0.1, -0.05) is 27.7 Å². The Hall–Kier alpha value is -0.830. The summed E-state index contributed by atoms with van der Waals surface area (Å²) in [6.07, 6.45) is 2.23. The molecule has 2 heterocycles. The van der Waals surface area contributed by atoms with E-state index in [0.717, 1.165) is 25.9 Å². The second-order valence-electron chi connectivity index (χ2n) is 7.01. The molecular weight excluding hydrogens is 222 g/mol. The average Bonchev–Trinajstić information content (AvgIpc) is 2.68. The number of hydrogen-bond acceptors (Lipinski definition) is 2. The maximum absolute atomic E-state index is 4.94. The minimum absolute atomic E-state index is 0.101. The number of nitrogens with zero attached hydrogens (tertiary/aromatic N) is 2. The summed E-state index contributed by atoms with van der Waals surface area (Å²) in [6.45, 7) is 15.7. The van der Waals surface area contributed by atoms with Crippen molar-refractivity contribution in [2.24, 2.45) is 0 Å². The molecule has 1 aliphatic heterocycles. The van der Waals surface area contributed by atoms with Crippen molar-refractivity contribution in [3.05, 3.63) is 17.2 Å². The van der Waals surface area contributed by atoms with Crippen molar-refractivity contribution in [3.63, 3.8) is 0 Å². The minimum atomic E-state index is 0.101. The van der Waals surface area contributed by atoms with Gasteiger partial charge in [0.2, 0.25) is 0 Å². The van der Waals surface area contributed by atoms with Gasteiger partial charge in [-0.15, -0.1) is 0 Å². The van der Waals surface area contributed by atoms with E-state index in [1.807, 2.05) is 0 Å². The molecule has 0 saturated carbocycles. The molecule has 3 heteroatoms. The zero-order valence-corrected chi connectivity index (χ0v) is 12.7. The van der Waals surface area contributed by atoms with Gasteiger partial charge in [-0.3, -0.25) is 0 Å². The van der Waals surface area contributed by atoms with Crippen LogP contribution in [0.25, 0.3) is 0 Å². The molecule has 0 spiro atoms. The second-order valence-corrected chi connectivity index (χ2v) is 7.01. The monoisotopic (exact) mass is 249 g/mol. The highest BCUT2D eigenvalue weighted by Gasteiger charge is 2.33. The molecule has 18 heavy (non-hydrogen) atoms. The van der Waals surface area contributed by atoms with E-state index in [9.17, 15) is 0 Å². The maximum atomic E-state index is 4.94. The lowest BCUT2D eigenvalue weighted by Gasteiger charge is -2.33. The number of imidazole rings is 1. The SMILES string of the molecule is CCC(C)(C)n1c(C(C)(C)C)nc2c1CCNC2. The quantitative estimate of drug-likeness (QED) is 0.873. The molecular formula is C15H27N3. The van der Waals surface area contributed by atoms with Crippen LogP contribution in [0.1, 0.15) is 65.2 Å². The molecule has 0 amide bonds. The highest BCUT2D eigenvalue weighted by molar-refractivity contribution is 5.25. The molecule has 102 valence electrons. The summed E-state index contributed by atoms with van der Waals surface area (Å²) < 4.78 is 2.52. The van der Waals surface area contributed by atoms with Crippen LogP contribution < -0.4 is 5.32 Å². The van der Waals surface area contributed by atoms with Gasteiger partial charge in [-0.05, 0) is 20.3 Å². The summed E-state index contributed by atoms with van der Waals surface area (Å²) in [5.41, 5.74) is 2.96. The van der Waals surface area contributed by atoms with Crippen molar-refractivity contribution >= 4 is 0 Å². The first-order chi connectivity index (χ1) is 8.27. The Balaban J connectivity index is 2.63. The molecule has 0 aliphatic carbocycles. The van der Waals surface area contributed by atoms with Crippen LogP contribution in [0.3, 0.4) is 0 Å². The zero-order valence-electron chi connectivity index (χ0n) is 12.7. The van der Waals surface area contributed by atoms with Gasteiger partial charge in [-0.25, -0.2) is 4.98 Å². The van der Waals surface area contributed by atoms with E-state index in [4.69, 9.17) is 4.98 Å². The van der Waals surface area contributed by atoms with Crippen molar-refractivity contribution in [3.8, 4) is 0 Å². The molecule has 0 fully saturated rings. The molecule has 3 nitrogen and oxygen atoms in total. The fraction of sp³-hybridized carbons (Fsp3) is 0.800. The van der Waals surface area contributed by atoms with Crippen molar-refractivity contribution in [2.45, 2.75) is 71.9 Å². The Morgan fingerprint density at radius 1 is 1.22 bits per heavy atom. The fourth-order valence-electron chi connectivity index (χ4n) is 2.62. The third-order valence-electron chi connectivity index (χ3n) is 4.03. The first kappa shape index (κ1) is 13.6. The van der Waals surface area contributed by atoms with Gasteiger partial charge < -0.3 is 9.88 Å². The Morgan fingerprint density at radius 2 is 1.89 bits per heavy atom. The van der Waals surface area contributed by atoms with Crippen molar-refractivity contribution < 1.29 is 0 Å². The van der Waals surface area contributed by atoms with Crippen LogP contribution in [0.5, 0.6) is 0 Å². The Morgan fingerprint density at radius 3 is 2.44 bits per heavy atom. The van der Waals surface area contributed by atoms with E-state index < -0.39 is 0 Å². The molecule has 1 aromatic rings. The third kappa shape index (κ3) is 2.20. The highest BCUT2D eigenvalue weighted by Crippen LogP contribution is 2.33. The van der Waals surface area contributed by atoms with Crippen LogP contribution >= 0.6 is 0 Å². The van der Waals surface area contributed by atoms with Gasteiger partial charge in [-0.2, -0.15) is 0 Å². The maximum Gasteiger partial charge on any atom is 0.115 e. The predicted octanol–water partition coefficient (Wildman–Crippen LogP) is 2.97. The van der Waals surface area contributed by atoms with Crippen LogP contribution in [0.4, 0.5) is 0 Å². The van der Waals surface area contributed by atoms with E-state index in [2.05, 4.69) is 51.4 Å². The van der Waals surface area contributed by atoms with E-state index >= 15 is 0 Å². The van der Waals surface area contributed by atoms with E-state index in [0.29, 0.717) is 0 Å². The Bertz CT molecular complexity index is 435. The predicted molar refractivity (Wildman–Crippen MR) is 76.0 cm³/mol. The second kappa shape index (κ2) is 4.37. The zero-order chi connectivity index (χ0) is 13.6. The summed E-state index contributed by atoms with van der Waals surface area (Å²) in [5.74, 6) is 1.24. The smallest absolute Gasteiger partial charge is 0.115 e. The topological polar surface area (TPSA) is 29.9 Å². The van der Waals surface area contributed by atoms with Gasteiger partial charge in [0.1, 0.15) is 5.82 Å². The lowest BCUT2D eigenvalue weighted by atomic mass is 9.92. The molecule has 1 aromatic heterocycles. The number of hydrogen-bond donors (Lipinski definition) is 1. The van der Waals surface area contributed by atoms with Crippen molar-refractivity contribution in [1.82, 2.24) is 14.9 Å². The Kier molecular flexibility index (Phi) is 3.30. The van der Waals surface area contributed by atoms with E-state index in [1.54, 1.807) is 0 Å². The summed E-state index contributed by atoms with van der Waals surface area (Å²) >= 11 is 0. The van der Waals surface area contributed by atoms with Gasteiger partial charge in [0.05, 0.1) is 5.69 Å². The van der Waals surface area contributed by atoms with Gasteiger partial charge in [0.15, 0.2) is 0 Å². The number of rotatable bonds is 2. The summed E-state index contributed by atoms with van der Waals surface area (Å²) in [6, 6.07) is 0. The summed E-state index contributed by atoms with van der Waals surface area (Å²) in [4.78, 5) is 4.94. The summed E-state index contributed by atoms with van der Waals surface area (Å²) in [5, 5.41) is 3.43. The molecule has 0 saturated heterocycles. The molecule has 0 aromatic carbocycles. The standard InChI is InChI=1S/C15H27N3/c1-7-15(5,6)18-12-8-9-16-10-11(12)17-13(18)14(2,3)4/h16H,7-10H2,1-6H3. The third-order valence-corrected chi connectivity index (χ3v) is 4.03. The largest absolute Gasteiger partial charge is 0.326 e. The fourth-order valence-corrected chi connectivity index (χ4v) is 2.62. The molecule has 1 N–H and O–H groups in total. The normalized spacial score (nSPS) is 16.8. The lowest BCUT2D eigenvalue weighted by molar-refractivity contribution is 0.302. The molecule has 2 rings (SSSR count). The minimum Gasteiger partial charge on any atom is -0.326 e. The Labute approximate surface area is 111 Å². The van der Waals surface area contributed by atoms with Gasteiger partial charge in [0.25, 0.3) is 0 Å². The highest BCUT2D eigenvalue weighted by atomic mass is 15.2. The molecule has 0 radical (unpaired) electrons. The van der Waals surface area contributed by atoms with E-state index in [1.165, 1.54) is 17.2 Å². The lowest BCUT2D eigenvalue weighted by Crippen LogP contribution is -2.34. The van der Waals surface area contributed by atoms with Crippen molar-refractivity contribution in [2.75, 3.05) is 6.54 Å². The number of nitrogens with one attached hydrogen (secondary N) is 1. The van der Waals surface area contributed by atoms with Gasteiger partial charge >= 0.3 is 0 Å². The average molecular weight is 249 g/mol. The van der Waals surface area contributed by atoms with Crippen LogP contribution in [0, 0.1) is 0 Å². The molecule has 0 unspecified atom stereocenters. The first-order valence-corrected chi connectivity index (χ1v) is 7.09. The number of fused-ring (bicyclic) bond motifs is 1. The van der Waals surface area contributed by atoms with Crippen LogP contribution in [-0.4, -0.2) is 16.1 Å². The van der Waals surface area contributed by atoms with Crippen LogP contribution in [0.15, 0.2) is 0 Å². The van der Waals surface area contributed by atoms with Crippen molar-refractivity contribution in [1.29, 1.82) is 0 Å². The van der Waals surface area contributed by atoms with E-state index in [-0.39, 0.29) is 11.0 Å².